The lowest BCUT2D eigenvalue weighted by atomic mass is 10.2. The molecule has 1 aliphatic carbocycles. The fraction of sp³-hybridized carbons (Fsp3) is 0.833. The summed E-state index contributed by atoms with van der Waals surface area (Å²) in [6.07, 6.45) is 2.00. The van der Waals surface area contributed by atoms with Crippen LogP contribution in [0.5, 0.6) is 0 Å². The molecule has 2 N–H and O–H groups in total. The third-order valence-electron chi connectivity index (χ3n) is 2.33. The zero-order chi connectivity index (χ0) is 12.9. The highest BCUT2D eigenvalue weighted by Crippen LogP contribution is 2.28. The molecular weight excluding hydrogens is 220 g/mol. The Labute approximate surface area is 102 Å². The lowest BCUT2D eigenvalue weighted by Crippen LogP contribution is -2.38. The second kappa shape index (κ2) is 6.00. The summed E-state index contributed by atoms with van der Waals surface area (Å²) in [5, 5.41) is 5.47. The molecule has 0 bridgehead atoms. The van der Waals surface area contributed by atoms with Crippen LogP contribution >= 0.6 is 0 Å². The van der Waals surface area contributed by atoms with E-state index in [2.05, 4.69) is 10.6 Å². The van der Waals surface area contributed by atoms with E-state index in [4.69, 9.17) is 4.74 Å². The Kier molecular flexibility index (Phi) is 4.93. The largest absolute Gasteiger partial charge is 0.366 e. The molecule has 1 rings (SSSR count). The Morgan fingerprint density at radius 1 is 1.18 bits per heavy atom. The number of hydrogen-bond donors (Lipinski definition) is 2. The quantitative estimate of drug-likeness (QED) is 0.664. The first-order valence-electron chi connectivity index (χ1n) is 6.07. The minimum atomic E-state index is -0.308. The number of amides is 2. The Hall–Kier alpha value is -1.10. The summed E-state index contributed by atoms with van der Waals surface area (Å²) in [7, 11) is 0. The minimum Gasteiger partial charge on any atom is -0.366 e. The SMILES string of the molecule is CC(C)(C)OCC(=O)NCCNC(=O)C1CC1. The average molecular weight is 242 g/mol. The third kappa shape index (κ3) is 6.94. The average Bonchev–Trinajstić information content (AvgIpc) is 3.03. The van der Waals surface area contributed by atoms with Gasteiger partial charge >= 0.3 is 0 Å². The summed E-state index contributed by atoms with van der Waals surface area (Å²) in [6, 6.07) is 0. The summed E-state index contributed by atoms with van der Waals surface area (Å²) in [4.78, 5) is 22.6. The topological polar surface area (TPSA) is 67.4 Å². The molecule has 2 amide bonds. The standard InChI is InChI=1S/C12H22N2O3/c1-12(2,3)17-8-10(15)13-6-7-14-11(16)9-4-5-9/h9H,4-8H2,1-3H3,(H,13,15)(H,14,16). The number of hydrogen-bond acceptors (Lipinski definition) is 3. The van der Waals surface area contributed by atoms with Gasteiger partial charge in [0.2, 0.25) is 11.8 Å². The molecule has 0 heterocycles. The Morgan fingerprint density at radius 3 is 2.29 bits per heavy atom. The Balaban J connectivity index is 1.98. The molecule has 1 saturated carbocycles. The van der Waals surface area contributed by atoms with Crippen molar-refractivity contribution in [1.29, 1.82) is 0 Å². The van der Waals surface area contributed by atoms with Crippen LogP contribution in [0.1, 0.15) is 33.6 Å². The predicted molar refractivity (Wildman–Crippen MR) is 64.4 cm³/mol. The van der Waals surface area contributed by atoms with Crippen LogP contribution in [0, 0.1) is 5.92 Å². The van der Waals surface area contributed by atoms with Gasteiger partial charge in [-0.05, 0) is 33.6 Å². The van der Waals surface area contributed by atoms with Gasteiger partial charge in [0.1, 0.15) is 6.61 Å². The maximum Gasteiger partial charge on any atom is 0.246 e. The number of ether oxygens (including phenoxy) is 1. The highest BCUT2D eigenvalue weighted by Gasteiger charge is 2.28. The van der Waals surface area contributed by atoms with E-state index in [1.54, 1.807) is 0 Å². The second-order valence-electron chi connectivity index (χ2n) is 5.32. The summed E-state index contributed by atoms with van der Waals surface area (Å²) < 4.78 is 5.32. The van der Waals surface area contributed by atoms with Crippen molar-refractivity contribution in [3.05, 3.63) is 0 Å². The van der Waals surface area contributed by atoms with Crippen LogP contribution in [0.15, 0.2) is 0 Å². The van der Waals surface area contributed by atoms with Crippen molar-refractivity contribution in [2.24, 2.45) is 5.92 Å². The van der Waals surface area contributed by atoms with Gasteiger partial charge in [0.15, 0.2) is 0 Å². The highest BCUT2D eigenvalue weighted by atomic mass is 16.5. The van der Waals surface area contributed by atoms with Gasteiger partial charge in [0.05, 0.1) is 5.60 Å². The van der Waals surface area contributed by atoms with Gasteiger partial charge in [0.25, 0.3) is 0 Å². The van der Waals surface area contributed by atoms with E-state index < -0.39 is 0 Å². The van der Waals surface area contributed by atoms with Crippen molar-refractivity contribution < 1.29 is 14.3 Å². The fourth-order valence-corrected chi connectivity index (χ4v) is 1.21. The van der Waals surface area contributed by atoms with Crippen LogP contribution in [0.3, 0.4) is 0 Å². The zero-order valence-electron chi connectivity index (χ0n) is 10.8. The Bertz CT molecular complexity index is 280. The molecule has 0 aliphatic heterocycles. The molecule has 1 aliphatic rings. The molecule has 0 aromatic carbocycles. The lowest BCUT2D eigenvalue weighted by Gasteiger charge is -2.18. The van der Waals surface area contributed by atoms with E-state index in [0.29, 0.717) is 13.1 Å². The lowest BCUT2D eigenvalue weighted by molar-refractivity contribution is -0.130. The summed E-state index contributed by atoms with van der Waals surface area (Å²) in [5.74, 6) is 0.167. The molecule has 0 aromatic heterocycles. The first kappa shape index (κ1) is 14.0. The molecule has 5 heteroatoms. The van der Waals surface area contributed by atoms with Crippen molar-refractivity contribution in [3.8, 4) is 0 Å². The van der Waals surface area contributed by atoms with Crippen LogP contribution in [-0.2, 0) is 14.3 Å². The first-order valence-corrected chi connectivity index (χ1v) is 6.07. The summed E-state index contributed by atoms with van der Waals surface area (Å²) >= 11 is 0. The number of rotatable bonds is 6. The van der Waals surface area contributed by atoms with Crippen LogP contribution < -0.4 is 10.6 Å². The van der Waals surface area contributed by atoms with Gasteiger partial charge < -0.3 is 15.4 Å². The third-order valence-corrected chi connectivity index (χ3v) is 2.33. The maximum absolute atomic E-state index is 11.3. The van der Waals surface area contributed by atoms with E-state index in [1.807, 2.05) is 20.8 Å². The summed E-state index contributed by atoms with van der Waals surface area (Å²) in [5.41, 5.74) is -0.308. The molecular formula is C12H22N2O3. The summed E-state index contributed by atoms with van der Waals surface area (Å²) in [6.45, 7) is 6.68. The number of nitrogens with one attached hydrogen (secondary N) is 2. The van der Waals surface area contributed by atoms with E-state index >= 15 is 0 Å². The minimum absolute atomic E-state index is 0.0556. The first-order chi connectivity index (χ1) is 7.88. The molecule has 0 radical (unpaired) electrons. The zero-order valence-corrected chi connectivity index (χ0v) is 10.8. The number of carbonyl (C=O) groups excluding carboxylic acids is 2. The van der Waals surface area contributed by atoms with Crippen molar-refractivity contribution in [3.63, 3.8) is 0 Å². The molecule has 1 fully saturated rings. The van der Waals surface area contributed by atoms with Crippen molar-refractivity contribution in [1.82, 2.24) is 10.6 Å². The van der Waals surface area contributed by atoms with Gasteiger partial charge in [-0.2, -0.15) is 0 Å². The highest BCUT2D eigenvalue weighted by molar-refractivity contribution is 5.81. The van der Waals surface area contributed by atoms with Crippen LogP contribution in [0.2, 0.25) is 0 Å². The smallest absolute Gasteiger partial charge is 0.246 e. The molecule has 98 valence electrons. The molecule has 5 nitrogen and oxygen atoms in total. The van der Waals surface area contributed by atoms with Crippen LogP contribution in [0.25, 0.3) is 0 Å². The van der Waals surface area contributed by atoms with Crippen LogP contribution in [-0.4, -0.2) is 37.1 Å². The second-order valence-corrected chi connectivity index (χ2v) is 5.32. The molecule has 0 saturated heterocycles. The molecule has 17 heavy (non-hydrogen) atoms. The van der Waals surface area contributed by atoms with Gasteiger partial charge in [-0.15, -0.1) is 0 Å². The van der Waals surface area contributed by atoms with E-state index in [9.17, 15) is 9.59 Å². The van der Waals surface area contributed by atoms with E-state index in [-0.39, 0.29) is 29.9 Å². The molecule has 0 aromatic rings. The monoisotopic (exact) mass is 242 g/mol. The number of carbonyl (C=O) groups is 2. The normalized spacial score (nSPS) is 15.5. The fourth-order valence-electron chi connectivity index (χ4n) is 1.21. The van der Waals surface area contributed by atoms with Crippen molar-refractivity contribution in [2.75, 3.05) is 19.7 Å². The van der Waals surface area contributed by atoms with Crippen molar-refractivity contribution in [2.45, 2.75) is 39.2 Å². The van der Waals surface area contributed by atoms with Crippen LogP contribution in [0.4, 0.5) is 0 Å². The molecule has 0 unspecified atom stereocenters. The Morgan fingerprint density at radius 2 is 1.76 bits per heavy atom. The van der Waals surface area contributed by atoms with Gasteiger partial charge in [-0.3, -0.25) is 9.59 Å². The molecule has 0 spiro atoms. The van der Waals surface area contributed by atoms with Gasteiger partial charge in [0, 0.05) is 19.0 Å². The van der Waals surface area contributed by atoms with E-state index in [0.717, 1.165) is 12.8 Å². The van der Waals surface area contributed by atoms with Gasteiger partial charge in [-0.25, -0.2) is 0 Å². The molecule has 0 atom stereocenters. The van der Waals surface area contributed by atoms with E-state index in [1.165, 1.54) is 0 Å². The predicted octanol–water partition coefficient (Wildman–Crippen LogP) is 0.444. The maximum atomic E-state index is 11.3. The van der Waals surface area contributed by atoms with Gasteiger partial charge in [-0.1, -0.05) is 0 Å². The van der Waals surface area contributed by atoms with Crippen molar-refractivity contribution >= 4 is 11.8 Å².